The monoisotopic (exact) mass is 233 g/mol. The minimum atomic E-state index is -3.11. The third kappa shape index (κ3) is 3.97. The summed E-state index contributed by atoms with van der Waals surface area (Å²) in [6.45, 7) is 0. The second-order valence-corrected chi connectivity index (χ2v) is 3.35. The van der Waals surface area contributed by atoms with E-state index >= 15 is 0 Å². The molecule has 0 spiro atoms. The molecule has 7 heteroatoms. The fraction of sp³-hybridized carbons (Fsp3) is 0.667. The molecule has 3 N–H and O–H groups in total. The van der Waals surface area contributed by atoms with E-state index < -0.39 is 26.4 Å². The van der Waals surface area contributed by atoms with Gasteiger partial charge in [-0.05, 0) is 0 Å². The van der Waals surface area contributed by atoms with E-state index in [1.54, 1.807) is 0 Å². The van der Waals surface area contributed by atoms with Crippen LogP contribution < -0.4 is 4.33 Å². The minimum absolute atomic E-state index is 0.00185. The summed E-state index contributed by atoms with van der Waals surface area (Å²) in [6, 6.07) is -1.03. The molecule has 0 radical (unpaired) electrons. The van der Waals surface area contributed by atoms with Gasteiger partial charge >= 0.3 is 67.0 Å². The molecule has 0 amide bonds. The van der Waals surface area contributed by atoms with Gasteiger partial charge in [0.2, 0.25) is 0 Å². The van der Waals surface area contributed by atoms with Crippen molar-refractivity contribution in [1.82, 2.24) is 4.33 Å². The third-order valence-corrected chi connectivity index (χ3v) is 2.11. The van der Waals surface area contributed by atoms with Gasteiger partial charge in [0.25, 0.3) is 0 Å². The Hall–Kier alpha value is 0.0595. The first-order valence-corrected chi connectivity index (χ1v) is 5.24. The number of hydrogen-bond donors (Lipinski definition) is 4. The molecule has 0 rings (SSSR count). The van der Waals surface area contributed by atoms with Crippen LogP contribution in [0.15, 0.2) is 0 Å². The predicted molar refractivity (Wildman–Crippen MR) is 37.1 cm³/mol. The van der Waals surface area contributed by atoms with E-state index in [0.717, 1.165) is 0 Å². The Balaban J connectivity index is 3.83. The molecule has 10 heavy (non-hydrogen) atoms. The average molecular weight is 232 g/mol. The molecular formula is C3H7NO4SSe. The quantitative estimate of drug-likeness (QED) is 0.345. The van der Waals surface area contributed by atoms with Gasteiger partial charge in [-0.1, -0.05) is 0 Å². The number of nitrogens with one attached hydrogen (secondary N) is 1. The van der Waals surface area contributed by atoms with Crippen LogP contribution >= 0.6 is 12.6 Å². The van der Waals surface area contributed by atoms with E-state index in [9.17, 15) is 8.63 Å². The first kappa shape index (κ1) is 10.1. The first-order valence-electron chi connectivity index (χ1n) is 2.28. The Labute approximate surface area is 67.5 Å². The van der Waals surface area contributed by atoms with Gasteiger partial charge in [-0.3, -0.25) is 0 Å². The van der Waals surface area contributed by atoms with E-state index in [1.807, 2.05) is 4.33 Å². The van der Waals surface area contributed by atoms with Crippen molar-refractivity contribution in [3.63, 3.8) is 0 Å². The van der Waals surface area contributed by atoms with Gasteiger partial charge in [0, 0.05) is 0 Å². The van der Waals surface area contributed by atoms with E-state index in [-0.39, 0.29) is 5.75 Å². The predicted octanol–water partition coefficient (Wildman–Crippen LogP) is -1.63. The summed E-state index contributed by atoms with van der Waals surface area (Å²) < 4.78 is 20.3. The van der Waals surface area contributed by atoms with Gasteiger partial charge in [0.15, 0.2) is 0 Å². The molecular weight excluding hydrogens is 225 g/mol. The summed E-state index contributed by atoms with van der Waals surface area (Å²) >= 11 is 0.541. The molecule has 0 aliphatic heterocycles. The Bertz CT molecular complexity index is 151. The van der Waals surface area contributed by atoms with Crippen molar-refractivity contribution in [2.24, 2.45) is 0 Å². The molecule has 0 fully saturated rings. The molecule has 2 atom stereocenters. The van der Waals surface area contributed by atoms with E-state index in [0.29, 0.717) is 0 Å². The molecule has 0 saturated heterocycles. The Morgan fingerprint density at radius 1 is 1.80 bits per heavy atom. The van der Waals surface area contributed by atoms with E-state index in [2.05, 4.69) is 12.6 Å². The molecule has 0 aliphatic rings. The molecule has 0 heterocycles. The van der Waals surface area contributed by atoms with Crippen LogP contribution in [0.2, 0.25) is 0 Å². The summed E-state index contributed by atoms with van der Waals surface area (Å²) in [5, 5.41) is 8.28. The molecule has 0 aromatic heterocycles. The van der Waals surface area contributed by atoms with Gasteiger partial charge in [-0.2, -0.15) is 0 Å². The van der Waals surface area contributed by atoms with Crippen molar-refractivity contribution in [3.8, 4) is 0 Å². The molecule has 60 valence electrons. The first-order chi connectivity index (χ1) is 4.57. The van der Waals surface area contributed by atoms with Crippen molar-refractivity contribution >= 4 is 33.0 Å². The Kier molecular flexibility index (Phi) is 4.84. The number of carboxylic acids is 1. The van der Waals surface area contributed by atoms with Crippen molar-refractivity contribution in [2.45, 2.75) is 6.04 Å². The Morgan fingerprint density at radius 2 is 2.30 bits per heavy atom. The zero-order valence-corrected chi connectivity index (χ0v) is 7.46. The van der Waals surface area contributed by atoms with Crippen LogP contribution in [-0.2, 0) is 8.63 Å². The van der Waals surface area contributed by atoms with Gasteiger partial charge in [0.1, 0.15) is 0 Å². The molecule has 0 bridgehead atoms. The molecule has 1 unspecified atom stereocenters. The maximum atomic E-state index is 10.1. The third-order valence-electron chi connectivity index (χ3n) is 0.724. The molecule has 5 nitrogen and oxygen atoms in total. The number of carboxylic acid groups (broad SMARTS) is 1. The summed E-state index contributed by atoms with van der Waals surface area (Å²) in [5.41, 5.74) is 0. The summed E-state index contributed by atoms with van der Waals surface area (Å²) in [6.07, 6.45) is 0. The van der Waals surface area contributed by atoms with Crippen LogP contribution in [0.5, 0.6) is 0 Å². The van der Waals surface area contributed by atoms with Crippen molar-refractivity contribution in [2.75, 3.05) is 5.75 Å². The van der Waals surface area contributed by atoms with E-state index in [1.165, 1.54) is 0 Å². The zero-order valence-electron chi connectivity index (χ0n) is 4.85. The summed E-state index contributed by atoms with van der Waals surface area (Å²) in [5.74, 6) is -1.17. The molecule has 0 aromatic rings. The fourth-order valence-electron chi connectivity index (χ4n) is 0.287. The number of carbonyl (C=O) groups is 1. The number of hydrogen-bond acceptors (Lipinski definition) is 3. The van der Waals surface area contributed by atoms with Crippen molar-refractivity contribution in [1.29, 1.82) is 0 Å². The van der Waals surface area contributed by atoms with E-state index in [4.69, 9.17) is 9.30 Å². The summed E-state index contributed by atoms with van der Waals surface area (Å²) in [7, 11) is 0. The van der Waals surface area contributed by atoms with Crippen LogP contribution in [0.3, 0.4) is 0 Å². The maximum absolute atomic E-state index is 10.1. The van der Waals surface area contributed by atoms with Gasteiger partial charge < -0.3 is 0 Å². The zero-order chi connectivity index (χ0) is 8.15. The Morgan fingerprint density at radius 3 is 2.40 bits per heavy atom. The second-order valence-electron chi connectivity index (χ2n) is 1.44. The SMILES string of the molecule is O=C(O)[C@H](CS)N[Se](=O)O. The average Bonchev–Trinajstić information content (AvgIpc) is 1.81. The number of aliphatic carboxylic acids is 1. The van der Waals surface area contributed by atoms with Crippen LogP contribution in [0, 0.1) is 0 Å². The van der Waals surface area contributed by atoms with Crippen LogP contribution in [0.1, 0.15) is 0 Å². The fourth-order valence-corrected chi connectivity index (χ4v) is 1.71. The normalized spacial score (nSPS) is 16.2. The van der Waals surface area contributed by atoms with Crippen LogP contribution in [0.4, 0.5) is 0 Å². The van der Waals surface area contributed by atoms with Crippen molar-refractivity contribution < 1.29 is 17.9 Å². The molecule has 0 aromatic carbocycles. The van der Waals surface area contributed by atoms with Gasteiger partial charge in [-0.25, -0.2) is 0 Å². The standard InChI is InChI=1S/C3H7NO4SSe/c5-3(6)2(1-9)4-10(7)8/h2,4,9H,1H2,(H,5,6)(H,7,8)/t2-/m0/s1. The van der Waals surface area contributed by atoms with Gasteiger partial charge in [0.05, 0.1) is 0 Å². The van der Waals surface area contributed by atoms with Crippen LogP contribution in [0.25, 0.3) is 0 Å². The number of thiol groups is 1. The topological polar surface area (TPSA) is 86.6 Å². The van der Waals surface area contributed by atoms with Gasteiger partial charge in [-0.15, -0.1) is 0 Å². The molecule has 0 aliphatic carbocycles. The summed E-state index contributed by atoms with van der Waals surface area (Å²) in [4.78, 5) is 10.1. The molecule has 0 saturated carbocycles. The number of rotatable bonds is 4. The van der Waals surface area contributed by atoms with Crippen LogP contribution in [-0.4, -0.2) is 41.4 Å². The van der Waals surface area contributed by atoms with Crippen molar-refractivity contribution in [3.05, 3.63) is 0 Å². The second kappa shape index (κ2) is 4.81.